The van der Waals surface area contributed by atoms with Gasteiger partial charge in [0.15, 0.2) is 0 Å². The van der Waals surface area contributed by atoms with E-state index in [9.17, 15) is 0 Å². The van der Waals surface area contributed by atoms with Crippen molar-refractivity contribution in [2.75, 3.05) is 6.54 Å². The first-order valence-electron chi connectivity index (χ1n) is 2.71. The quantitative estimate of drug-likeness (QED) is 0.397. The molecular formula is C6H10N2. The van der Waals surface area contributed by atoms with E-state index in [4.69, 9.17) is 5.84 Å². The van der Waals surface area contributed by atoms with Gasteiger partial charge >= 0.3 is 0 Å². The second kappa shape index (κ2) is 2.64. The molecule has 2 nitrogen and oxygen atoms in total. The van der Waals surface area contributed by atoms with Crippen molar-refractivity contribution in [3.8, 4) is 0 Å². The lowest BCUT2D eigenvalue weighted by Gasteiger charge is -1.96. The average molecular weight is 110 g/mol. The number of hydrogen-bond acceptors (Lipinski definition) is 2. The molecule has 1 rings (SSSR count). The van der Waals surface area contributed by atoms with Gasteiger partial charge in [0, 0.05) is 6.54 Å². The number of hydrazine groups is 1. The third-order valence-corrected chi connectivity index (χ3v) is 1.18. The third kappa shape index (κ3) is 1.18. The fraction of sp³-hybridized carbons (Fsp3) is 0.333. The Labute approximate surface area is 49.0 Å². The second-order valence-electron chi connectivity index (χ2n) is 1.84. The van der Waals surface area contributed by atoms with Crippen molar-refractivity contribution in [2.45, 2.75) is 6.42 Å². The summed E-state index contributed by atoms with van der Waals surface area (Å²) in [4.78, 5) is 0. The highest BCUT2D eigenvalue weighted by Gasteiger charge is 1.94. The van der Waals surface area contributed by atoms with Crippen LogP contribution in [-0.4, -0.2) is 6.54 Å². The first-order valence-corrected chi connectivity index (χ1v) is 2.71. The summed E-state index contributed by atoms with van der Waals surface area (Å²) in [7, 11) is 0. The Bertz CT molecular complexity index is 124. The highest BCUT2D eigenvalue weighted by atomic mass is 15.2. The molecule has 3 N–H and O–H groups in total. The van der Waals surface area contributed by atoms with Gasteiger partial charge in [-0.05, 0) is 6.42 Å². The van der Waals surface area contributed by atoms with E-state index in [-0.39, 0.29) is 0 Å². The van der Waals surface area contributed by atoms with Crippen LogP contribution in [0.1, 0.15) is 6.42 Å². The largest absolute Gasteiger partial charge is 0.271 e. The number of nitrogens with two attached hydrogens (primary N) is 1. The van der Waals surface area contributed by atoms with Crippen molar-refractivity contribution in [3.05, 3.63) is 23.8 Å². The maximum atomic E-state index is 5.09. The van der Waals surface area contributed by atoms with Crippen molar-refractivity contribution in [3.63, 3.8) is 0 Å². The summed E-state index contributed by atoms with van der Waals surface area (Å²) in [5.74, 6) is 5.09. The molecule has 2 heteroatoms. The van der Waals surface area contributed by atoms with Crippen molar-refractivity contribution in [2.24, 2.45) is 5.84 Å². The predicted molar refractivity (Wildman–Crippen MR) is 34.0 cm³/mol. The first-order chi connectivity index (χ1) is 3.93. The van der Waals surface area contributed by atoms with Crippen LogP contribution in [0, 0.1) is 0 Å². The lowest BCUT2D eigenvalue weighted by molar-refractivity contribution is 0.787. The molecule has 1 aliphatic carbocycles. The lowest BCUT2D eigenvalue weighted by Crippen LogP contribution is -2.23. The number of rotatable bonds is 2. The van der Waals surface area contributed by atoms with Crippen molar-refractivity contribution < 1.29 is 0 Å². The topological polar surface area (TPSA) is 38.0 Å². The molecule has 0 heterocycles. The Balaban J connectivity index is 2.28. The van der Waals surface area contributed by atoms with Gasteiger partial charge in [0.2, 0.25) is 0 Å². The van der Waals surface area contributed by atoms with E-state index in [1.807, 2.05) is 6.08 Å². The molecule has 0 bridgehead atoms. The van der Waals surface area contributed by atoms with Crippen molar-refractivity contribution in [1.29, 1.82) is 0 Å². The molecule has 0 spiro atoms. The van der Waals surface area contributed by atoms with Crippen LogP contribution in [0.15, 0.2) is 23.8 Å². The molecule has 0 aromatic rings. The van der Waals surface area contributed by atoms with Crippen LogP contribution >= 0.6 is 0 Å². The van der Waals surface area contributed by atoms with Crippen LogP contribution in [0.2, 0.25) is 0 Å². The Hall–Kier alpha value is -0.600. The summed E-state index contributed by atoms with van der Waals surface area (Å²) in [5.41, 5.74) is 3.96. The van der Waals surface area contributed by atoms with Crippen LogP contribution in [0.25, 0.3) is 0 Å². The van der Waals surface area contributed by atoms with E-state index >= 15 is 0 Å². The monoisotopic (exact) mass is 110 g/mol. The minimum atomic E-state index is 0.812. The predicted octanol–water partition coefficient (Wildman–Crippen LogP) is 0.336. The maximum Gasteiger partial charge on any atom is 0.0314 e. The van der Waals surface area contributed by atoms with Gasteiger partial charge < -0.3 is 0 Å². The molecule has 0 unspecified atom stereocenters. The summed E-state index contributed by atoms with van der Waals surface area (Å²) >= 11 is 0. The van der Waals surface area contributed by atoms with Crippen molar-refractivity contribution in [1.82, 2.24) is 5.43 Å². The van der Waals surface area contributed by atoms with Crippen LogP contribution in [0.5, 0.6) is 0 Å². The van der Waals surface area contributed by atoms with E-state index in [2.05, 4.69) is 17.6 Å². The highest BCUT2D eigenvalue weighted by Crippen LogP contribution is 2.07. The summed E-state index contributed by atoms with van der Waals surface area (Å²) in [6.07, 6.45) is 7.31. The van der Waals surface area contributed by atoms with Crippen LogP contribution in [0.4, 0.5) is 0 Å². The van der Waals surface area contributed by atoms with E-state index in [0.29, 0.717) is 0 Å². The summed E-state index contributed by atoms with van der Waals surface area (Å²) < 4.78 is 0. The van der Waals surface area contributed by atoms with Crippen LogP contribution < -0.4 is 11.3 Å². The molecule has 44 valence electrons. The lowest BCUT2D eigenvalue weighted by atomic mass is 10.2. The normalized spacial score (nSPS) is 16.9. The zero-order chi connectivity index (χ0) is 5.82. The molecule has 1 aliphatic rings. The van der Waals surface area contributed by atoms with Gasteiger partial charge in [0.25, 0.3) is 0 Å². The van der Waals surface area contributed by atoms with Gasteiger partial charge in [-0.15, -0.1) is 0 Å². The smallest absolute Gasteiger partial charge is 0.0314 e. The molecule has 0 atom stereocenters. The number of allylic oxidation sites excluding steroid dienone is 3. The molecule has 0 aliphatic heterocycles. The fourth-order valence-corrected chi connectivity index (χ4v) is 0.754. The first kappa shape index (κ1) is 5.54. The average Bonchev–Trinajstić information content (AvgIpc) is 2.19. The molecule has 8 heavy (non-hydrogen) atoms. The molecule has 0 saturated carbocycles. The van der Waals surface area contributed by atoms with Gasteiger partial charge in [-0.2, -0.15) is 0 Å². The van der Waals surface area contributed by atoms with Gasteiger partial charge in [-0.25, -0.2) is 0 Å². The fourth-order valence-electron chi connectivity index (χ4n) is 0.754. The van der Waals surface area contributed by atoms with Crippen LogP contribution in [-0.2, 0) is 0 Å². The third-order valence-electron chi connectivity index (χ3n) is 1.18. The number of nitrogens with one attached hydrogen (secondary N) is 1. The van der Waals surface area contributed by atoms with Crippen molar-refractivity contribution >= 4 is 0 Å². The molecule has 0 amide bonds. The molecule has 0 aromatic heterocycles. The molecular weight excluding hydrogens is 100 g/mol. The van der Waals surface area contributed by atoms with Gasteiger partial charge in [0.1, 0.15) is 0 Å². The Morgan fingerprint density at radius 2 is 2.62 bits per heavy atom. The molecule has 0 saturated heterocycles. The minimum Gasteiger partial charge on any atom is -0.271 e. The summed E-state index contributed by atoms with van der Waals surface area (Å²) in [5, 5.41) is 0. The molecule has 0 aromatic carbocycles. The van der Waals surface area contributed by atoms with E-state index in [1.165, 1.54) is 5.57 Å². The zero-order valence-corrected chi connectivity index (χ0v) is 4.72. The summed E-state index contributed by atoms with van der Waals surface area (Å²) in [6.45, 7) is 0.812. The Kier molecular flexibility index (Phi) is 1.83. The SMILES string of the molecule is NNCC1=CC=CC1. The molecule has 0 fully saturated rings. The Morgan fingerprint density at radius 1 is 1.75 bits per heavy atom. The van der Waals surface area contributed by atoms with E-state index in [1.54, 1.807) is 0 Å². The standard InChI is InChI=1S/C6H10N2/c7-8-5-6-3-1-2-4-6/h1-3,8H,4-5,7H2. The number of hydrogen-bond donors (Lipinski definition) is 2. The van der Waals surface area contributed by atoms with Crippen LogP contribution in [0.3, 0.4) is 0 Å². The highest BCUT2D eigenvalue weighted by molar-refractivity contribution is 5.23. The second-order valence-corrected chi connectivity index (χ2v) is 1.84. The van der Waals surface area contributed by atoms with Gasteiger partial charge in [0.05, 0.1) is 0 Å². The van der Waals surface area contributed by atoms with E-state index in [0.717, 1.165) is 13.0 Å². The Morgan fingerprint density at radius 3 is 3.12 bits per heavy atom. The van der Waals surface area contributed by atoms with Gasteiger partial charge in [-0.3, -0.25) is 11.3 Å². The van der Waals surface area contributed by atoms with Gasteiger partial charge in [-0.1, -0.05) is 23.8 Å². The summed E-state index contributed by atoms with van der Waals surface area (Å²) in [6, 6.07) is 0. The zero-order valence-electron chi connectivity index (χ0n) is 4.72. The maximum absolute atomic E-state index is 5.09. The van der Waals surface area contributed by atoms with E-state index < -0.39 is 0 Å². The molecule has 0 radical (unpaired) electrons. The minimum absolute atomic E-state index is 0.812.